The Balaban J connectivity index is 1.96. The SMILES string of the molecule is Cc1cc2c(c(O)c1O)C[C@H]1NCC[C@@]23CCCC[C@@H]13. The normalized spacial score (nSPS) is 35.2. The van der Waals surface area contributed by atoms with Crippen molar-refractivity contribution in [1.82, 2.24) is 5.32 Å². The summed E-state index contributed by atoms with van der Waals surface area (Å²) >= 11 is 0. The maximum absolute atomic E-state index is 10.4. The van der Waals surface area contributed by atoms with Gasteiger partial charge in [0.1, 0.15) is 0 Å². The Morgan fingerprint density at radius 1 is 1.20 bits per heavy atom. The first-order valence-electron chi connectivity index (χ1n) is 7.92. The summed E-state index contributed by atoms with van der Waals surface area (Å²) in [6.07, 6.45) is 7.21. The zero-order valence-corrected chi connectivity index (χ0v) is 12.1. The van der Waals surface area contributed by atoms with Gasteiger partial charge in [-0.15, -0.1) is 0 Å². The molecule has 20 heavy (non-hydrogen) atoms. The van der Waals surface area contributed by atoms with Crippen molar-refractivity contribution in [3.05, 3.63) is 22.8 Å². The monoisotopic (exact) mass is 273 g/mol. The minimum Gasteiger partial charge on any atom is -0.504 e. The number of aromatic hydroxyl groups is 2. The molecule has 2 fully saturated rings. The van der Waals surface area contributed by atoms with E-state index in [4.69, 9.17) is 0 Å². The summed E-state index contributed by atoms with van der Waals surface area (Å²) in [4.78, 5) is 0. The van der Waals surface area contributed by atoms with E-state index in [1.807, 2.05) is 6.92 Å². The molecule has 3 nitrogen and oxygen atoms in total. The average molecular weight is 273 g/mol. The van der Waals surface area contributed by atoms with Gasteiger partial charge in [0.05, 0.1) is 0 Å². The molecule has 1 saturated heterocycles. The smallest absolute Gasteiger partial charge is 0.161 e. The van der Waals surface area contributed by atoms with E-state index in [1.165, 1.54) is 37.7 Å². The first-order chi connectivity index (χ1) is 9.63. The van der Waals surface area contributed by atoms with Crippen LogP contribution in [0.4, 0.5) is 0 Å². The number of aryl methyl sites for hydroxylation is 1. The highest BCUT2D eigenvalue weighted by Gasteiger charge is 2.52. The molecular weight excluding hydrogens is 250 g/mol. The van der Waals surface area contributed by atoms with Crippen LogP contribution in [0.15, 0.2) is 6.07 Å². The van der Waals surface area contributed by atoms with E-state index in [0.29, 0.717) is 12.0 Å². The van der Waals surface area contributed by atoms with Crippen molar-refractivity contribution in [2.75, 3.05) is 6.54 Å². The molecule has 0 unspecified atom stereocenters. The summed E-state index contributed by atoms with van der Waals surface area (Å²) in [5, 5.41) is 24.1. The molecule has 4 rings (SSSR count). The van der Waals surface area contributed by atoms with Gasteiger partial charge < -0.3 is 15.5 Å². The number of phenolic OH excluding ortho intramolecular Hbond substituents is 2. The average Bonchev–Trinajstić information content (AvgIpc) is 2.46. The van der Waals surface area contributed by atoms with Crippen molar-refractivity contribution in [2.45, 2.75) is 56.9 Å². The maximum Gasteiger partial charge on any atom is 0.161 e. The molecule has 2 bridgehead atoms. The molecule has 1 aliphatic heterocycles. The van der Waals surface area contributed by atoms with Gasteiger partial charge in [-0.3, -0.25) is 0 Å². The van der Waals surface area contributed by atoms with Crippen LogP contribution in [0.5, 0.6) is 11.5 Å². The minimum absolute atomic E-state index is 0.0764. The lowest BCUT2D eigenvalue weighted by Gasteiger charge is -2.56. The fraction of sp³-hybridized carbons (Fsp3) is 0.647. The van der Waals surface area contributed by atoms with Crippen molar-refractivity contribution in [1.29, 1.82) is 0 Å². The van der Waals surface area contributed by atoms with Crippen LogP contribution >= 0.6 is 0 Å². The van der Waals surface area contributed by atoms with Gasteiger partial charge in [0, 0.05) is 17.0 Å². The van der Waals surface area contributed by atoms with Gasteiger partial charge in [-0.25, -0.2) is 0 Å². The van der Waals surface area contributed by atoms with Crippen LogP contribution < -0.4 is 5.32 Å². The van der Waals surface area contributed by atoms with Crippen LogP contribution in [0.3, 0.4) is 0 Å². The Labute approximate surface area is 120 Å². The van der Waals surface area contributed by atoms with Gasteiger partial charge in [0.25, 0.3) is 0 Å². The first-order valence-corrected chi connectivity index (χ1v) is 7.92. The Hall–Kier alpha value is -1.22. The van der Waals surface area contributed by atoms with Crippen molar-refractivity contribution in [2.24, 2.45) is 5.92 Å². The first kappa shape index (κ1) is 12.5. The lowest BCUT2D eigenvalue weighted by atomic mass is 9.52. The van der Waals surface area contributed by atoms with E-state index in [-0.39, 0.29) is 16.9 Å². The van der Waals surface area contributed by atoms with Crippen LogP contribution in [0.25, 0.3) is 0 Å². The maximum atomic E-state index is 10.4. The number of fused-ring (bicyclic) bond motifs is 1. The van der Waals surface area contributed by atoms with E-state index >= 15 is 0 Å². The zero-order chi connectivity index (χ0) is 13.9. The second-order valence-corrected chi connectivity index (χ2v) is 6.94. The molecule has 3 atom stereocenters. The summed E-state index contributed by atoms with van der Waals surface area (Å²) in [5.74, 6) is 0.922. The van der Waals surface area contributed by atoms with Gasteiger partial charge in [-0.05, 0) is 56.2 Å². The molecule has 108 valence electrons. The van der Waals surface area contributed by atoms with Crippen LogP contribution in [0.2, 0.25) is 0 Å². The number of benzene rings is 1. The Kier molecular flexibility index (Phi) is 2.59. The number of piperidine rings is 1. The largest absolute Gasteiger partial charge is 0.504 e. The van der Waals surface area contributed by atoms with Gasteiger partial charge in [-0.2, -0.15) is 0 Å². The number of hydrogen-bond acceptors (Lipinski definition) is 3. The van der Waals surface area contributed by atoms with Gasteiger partial charge >= 0.3 is 0 Å². The molecule has 1 saturated carbocycles. The predicted octanol–water partition coefficient (Wildman–Crippen LogP) is 2.75. The van der Waals surface area contributed by atoms with Crippen molar-refractivity contribution in [3.63, 3.8) is 0 Å². The molecule has 0 radical (unpaired) electrons. The van der Waals surface area contributed by atoms with E-state index in [2.05, 4.69) is 11.4 Å². The minimum atomic E-state index is 0.0764. The van der Waals surface area contributed by atoms with Gasteiger partial charge in [0.15, 0.2) is 11.5 Å². The number of hydrogen-bond donors (Lipinski definition) is 3. The molecule has 3 N–H and O–H groups in total. The lowest BCUT2D eigenvalue weighted by molar-refractivity contribution is 0.0786. The summed E-state index contributed by atoms with van der Waals surface area (Å²) < 4.78 is 0. The van der Waals surface area contributed by atoms with E-state index in [9.17, 15) is 10.2 Å². The molecule has 3 aliphatic rings. The highest BCUT2D eigenvalue weighted by Crippen LogP contribution is 2.56. The summed E-state index contributed by atoms with van der Waals surface area (Å²) in [5.41, 5.74) is 3.41. The van der Waals surface area contributed by atoms with Crippen molar-refractivity contribution < 1.29 is 10.2 Å². The number of rotatable bonds is 0. The standard InChI is InChI=1S/C17H23NO2/c1-10-8-13-11(16(20)15(10)19)9-14-12-4-2-3-5-17(12,13)6-7-18-14/h8,12,14,18-20H,2-7,9H2,1H3/t12-,14+,17+/m0/s1. The second-order valence-electron chi connectivity index (χ2n) is 6.94. The summed E-state index contributed by atoms with van der Waals surface area (Å²) in [6, 6.07) is 2.63. The molecule has 1 heterocycles. The molecule has 2 aliphatic carbocycles. The fourth-order valence-electron chi connectivity index (χ4n) is 5.17. The molecule has 0 amide bonds. The van der Waals surface area contributed by atoms with Crippen LogP contribution in [0, 0.1) is 12.8 Å². The second kappa shape index (κ2) is 4.14. The molecule has 1 aromatic carbocycles. The topological polar surface area (TPSA) is 52.5 Å². The third-order valence-corrected chi connectivity index (χ3v) is 6.09. The fourth-order valence-corrected chi connectivity index (χ4v) is 5.17. The van der Waals surface area contributed by atoms with E-state index in [1.54, 1.807) is 0 Å². The van der Waals surface area contributed by atoms with E-state index < -0.39 is 0 Å². The zero-order valence-electron chi connectivity index (χ0n) is 12.1. The summed E-state index contributed by atoms with van der Waals surface area (Å²) in [6.45, 7) is 2.98. The molecule has 1 aromatic rings. The highest BCUT2D eigenvalue weighted by atomic mass is 16.3. The molecule has 0 spiro atoms. The summed E-state index contributed by atoms with van der Waals surface area (Å²) in [7, 11) is 0. The number of nitrogens with one attached hydrogen (secondary N) is 1. The Morgan fingerprint density at radius 2 is 2.05 bits per heavy atom. The predicted molar refractivity (Wildman–Crippen MR) is 78.3 cm³/mol. The quantitative estimate of drug-likeness (QED) is 0.637. The third kappa shape index (κ3) is 1.44. The van der Waals surface area contributed by atoms with Crippen LogP contribution in [0.1, 0.15) is 48.8 Å². The molecule has 0 aromatic heterocycles. The highest BCUT2D eigenvalue weighted by molar-refractivity contribution is 5.58. The molecule has 3 heteroatoms. The lowest BCUT2D eigenvalue weighted by Crippen LogP contribution is -2.59. The van der Waals surface area contributed by atoms with Gasteiger partial charge in [0.2, 0.25) is 0 Å². The van der Waals surface area contributed by atoms with Crippen molar-refractivity contribution in [3.8, 4) is 11.5 Å². The van der Waals surface area contributed by atoms with Crippen molar-refractivity contribution >= 4 is 0 Å². The van der Waals surface area contributed by atoms with Crippen LogP contribution in [-0.2, 0) is 11.8 Å². The Morgan fingerprint density at radius 3 is 2.90 bits per heavy atom. The Bertz CT molecular complexity index is 565. The third-order valence-electron chi connectivity index (χ3n) is 6.09. The number of phenols is 2. The molecular formula is C17H23NO2. The van der Waals surface area contributed by atoms with Gasteiger partial charge in [-0.1, -0.05) is 18.9 Å². The van der Waals surface area contributed by atoms with Crippen LogP contribution in [-0.4, -0.2) is 22.8 Å². The van der Waals surface area contributed by atoms with E-state index in [0.717, 1.165) is 24.1 Å².